The topological polar surface area (TPSA) is 136 Å². The summed E-state index contributed by atoms with van der Waals surface area (Å²) in [6, 6.07) is 24.5. The Labute approximate surface area is 244 Å². The van der Waals surface area contributed by atoms with Crippen LogP contribution in [0.5, 0.6) is 5.75 Å². The molecule has 0 aliphatic carbocycles. The highest BCUT2D eigenvalue weighted by Gasteiger charge is 2.60. The third-order valence-electron chi connectivity index (χ3n) is 6.95. The second-order valence-electron chi connectivity index (χ2n) is 9.51. The number of imide groups is 1. The molecule has 0 radical (unpaired) electrons. The smallest absolute Gasteiger partial charge is 0.339 e. The molecule has 2 aliphatic heterocycles. The van der Waals surface area contributed by atoms with Gasteiger partial charge in [-0.2, -0.15) is 8.42 Å². The summed E-state index contributed by atoms with van der Waals surface area (Å²) in [6.07, 6.45) is -1.22. The van der Waals surface area contributed by atoms with Crippen molar-refractivity contribution in [3.63, 3.8) is 0 Å². The highest BCUT2D eigenvalue weighted by atomic mass is 35.5. The number of non-ortho nitro benzene ring substituents is 1. The number of hydrogen-bond acceptors (Lipinski definition) is 9. The maximum atomic E-state index is 13.8. The first-order chi connectivity index (χ1) is 20.1. The van der Waals surface area contributed by atoms with E-state index in [4.69, 9.17) is 20.6 Å². The second-order valence-corrected chi connectivity index (χ2v) is 11.5. The van der Waals surface area contributed by atoms with Crippen LogP contribution >= 0.6 is 11.6 Å². The first-order valence-electron chi connectivity index (χ1n) is 12.6. The van der Waals surface area contributed by atoms with Gasteiger partial charge in [-0.05, 0) is 60.2 Å². The molecule has 0 bridgehead atoms. The summed E-state index contributed by atoms with van der Waals surface area (Å²) in [6.45, 7) is 0. The number of nitro groups is 1. The molecule has 0 N–H and O–H groups in total. The largest absolute Gasteiger partial charge is 0.379 e. The maximum Gasteiger partial charge on any atom is 0.339 e. The highest BCUT2D eigenvalue weighted by molar-refractivity contribution is 7.87. The molecule has 2 saturated heterocycles. The van der Waals surface area contributed by atoms with E-state index >= 15 is 0 Å². The molecule has 0 saturated carbocycles. The molecule has 3 atom stereocenters. The van der Waals surface area contributed by atoms with Gasteiger partial charge in [-0.1, -0.05) is 48.0 Å². The predicted molar refractivity (Wildman–Crippen MR) is 151 cm³/mol. The lowest BCUT2D eigenvalue weighted by Gasteiger charge is -2.28. The molecule has 2 amide bonds. The van der Waals surface area contributed by atoms with Crippen LogP contribution in [0.4, 0.5) is 17.1 Å². The molecule has 42 heavy (non-hydrogen) atoms. The zero-order chi connectivity index (χ0) is 29.6. The highest BCUT2D eigenvalue weighted by Crippen LogP contribution is 2.48. The number of halogens is 1. The third-order valence-corrected chi connectivity index (χ3v) is 8.47. The molecule has 2 aliphatic rings. The van der Waals surface area contributed by atoms with E-state index in [1.54, 1.807) is 60.7 Å². The van der Waals surface area contributed by atoms with Gasteiger partial charge in [0.1, 0.15) is 16.6 Å². The second kappa shape index (κ2) is 10.6. The Hall–Kier alpha value is -4.78. The lowest BCUT2D eigenvalue weighted by atomic mass is 9.90. The average molecular weight is 606 g/mol. The molecule has 13 heteroatoms. The van der Waals surface area contributed by atoms with Crippen molar-refractivity contribution in [2.75, 3.05) is 9.96 Å². The SMILES string of the molecule is O=C1[C@@H]2[C@H](ON(c3cccc([N+](=O)[O-])c3)[C@H]2c2ccc(OS(=O)(=O)c3ccccc3)cc2)C(=O)N1c1ccc(Cl)cc1. The monoisotopic (exact) mass is 605 g/mol. The van der Waals surface area contributed by atoms with Crippen molar-refractivity contribution >= 4 is 50.6 Å². The lowest BCUT2D eigenvalue weighted by molar-refractivity contribution is -0.384. The van der Waals surface area contributed by atoms with Crippen molar-refractivity contribution in [1.82, 2.24) is 0 Å². The van der Waals surface area contributed by atoms with E-state index in [1.165, 1.54) is 47.5 Å². The molecule has 6 rings (SSSR count). The van der Waals surface area contributed by atoms with Crippen molar-refractivity contribution < 1.29 is 32.0 Å². The number of carbonyl (C=O) groups excluding carboxylic acids is 2. The van der Waals surface area contributed by atoms with Gasteiger partial charge in [0.2, 0.25) is 5.91 Å². The van der Waals surface area contributed by atoms with Crippen LogP contribution < -0.4 is 14.1 Å². The van der Waals surface area contributed by atoms with Crippen LogP contribution in [0.15, 0.2) is 108 Å². The minimum absolute atomic E-state index is 0.0182. The summed E-state index contributed by atoms with van der Waals surface area (Å²) < 4.78 is 30.7. The van der Waals surface area contributed by atoms with E-state index in [2.05, 4.69) is 0 Å². The number of benzene rings is 4. The number of amides is 2. The third kappa shape index (κ3) is 4.85. The minimum atomic E-state index is -4.10. The summed E-state index contributed by atoms with van der Waals surface area (Å²) >= 11 is 5.98. The van der Waals surface area contributed by atoms with Gasteiger partial charge in [-0.3, -0.25) is 24.5 Å². The van der Waals surface area contributed by atoms with E-state index in [0.717, 1.165) is 4.90 Å². The fourth-order valence-electron chi connectivity index (χ4n) is 5.05. The summed E-state index contributed by atoms with van der Waals surface area (Å²) in [5, 5.41) is 13.2. The molecule has 0 unspecified atom stereocenters. The van der Waals surface area contributed by atoms with Crippen molar-refractivity contribution in [2.24, 2.45) is 5.92 Å². The molecule has 212 valence electrons. The molecule has 0 aromatic heterocycles. The number of hydroxylamine groups is 1. The van der Waals surface area contributed by atoms with Crippen LogP contribution in [0.1, 0.15) is 11.6 Å². The fourth-order valence-corrected chi connectivity index (χ4v) is 6.13. The van der Waals surface area contributed by atoms with Crippen molar-refractivity contribution in [3.8, 4) is 5.75 Å². The summed E-state index contributed by atoms with van der Waals surface area (Å²) in [4.78, 5) is 45.2. The Kier molecular flexibility index (Phi) is 6.89. The summed E-state index contributed by atoms with van der Waals surface area (Å²) in [7, 11) is -4.10. The van der Waals surface area contributed by atoms with E-state index in [0.29, 0.717) is 16.3 Å². The number of nitro benzene ring substituents is 1. The van der Waals surface area contributed by atoms with Gasteiger partial charge < -0.3 is 4.18 Å². The van der Waals surface area contributed by atoms with Crippen molar-refractivity contribution in [2.45, 2.75) is 17.0 Å². The van der Waals surface area contributed by atoms with E-state index < -0.39 is 44.9 Å². The van der Waals surface area contributed by atoms with Gasteiger partial charge >= 0.3 is 10.1 Å². The summed E-state index contributed by atoms with van der Waals surface area (Å²) in [5.41, 5.74) is 0.858. The Bertz CT molecular complexity index is 1800. The van der Waals surface area contributed by atoms with Crippen LogP contribution in [0.25, 0.3) is 0 Å². The quantitative estimate of drug-likeness (QED) is 0.122. The molecule has 4 aromatic carbocycles. The van der Waals surface area contributed by atoms with Gasteiger partial charge in [-0.15, -0.1) is 0 Å². The minimum Gasteiger partial charge on any atom is -0.379 e. The zero-order valence-corrected chi connectivity index (χ0v) is 23.0. The van der Waals surface area contributed by atoms with Crippen LogP contribution in [0.2, 0.25) is 5.02 Å². The predicted octanol–water partition coefficient (Wildman–Crippen LogP) is 5.07. The van der Waals surface area contributed by atoms with Crippen LogP contribution in [0.3, 0.4) is 0 Å². The first kappa shape index (κ1) is 27.4. The van der Waals surface area contributed by atoms with E-state index in [-0.39, 0.29) is 22.0 Å². The van der Waals surface area contributed by atoms with Crippen molar-refractivity contribution in [1.29, 1.82) is 0 Å². The van der Waals surface area contributed by atoms with Crippen LogP contribution in [-0.4, -0.2) is 31.3 Å². The Morgan fingerprint density at radius 3 is 2.19 bits per heavy atom. The van der Waals surface area contributed by atoms with Crippen LogP contribution in [0, 0.1) is 16.0 Å². The normalized spacial score (nSPS) is 20.1. The molecule has 11 nitrogen and oxygen atoms in total. The van der Waals surface area contributed by atoms with Gasteiger partial charge in [0.25, 0.3) is 11.6 Å². The number of anilines is 2. The number of nitrogens with zero attached hydrogens (tertiary/aromatic N) is 3. The Balaban J connectivity index is 1.37. The zero-order valence-electron chi connectivity index (χ0n) is 21.4. The molecule has 2 heterocycles. The summed E-state index contributed by atoms with van der Waals surface area (Å²) in [5.74, 6) is -2.12. The molecule has 2 fully saturated rings. The number of fused-ring (bicyclic) bond motifs is 1. The lowest BCUT2D eigenvalue weighted by Crippen LogP contribution is -2.37. The molecular formula is C29H20ClN3O8S. The average Bonchev–Trinajstić information content (AvgIpc) is 3.50. The molecule has 4 aromatic rings. The standard InChI is InChI=1S/C29H20ClN3O8S/c30-19-11-13-20(14-12-19)31-28(34)25-26(32(40-27(25)29(31)35)21-5-4-6-22(17-21)33(36)37)18-9-15-23(16-10-18)41-42(38,39)24-7-2-1-3-8-24/h1-17,25-27H/t25-,26-,27-/m0/s1. The van der Waals surface area contributed by atoms with Gasteiger partial charge in [0, 0.05) is 17.2 Å². The molecule has 0 spiro atoms. The van der Waals surface area contributed by atoms with Crippen LogP contribution in [-0.2, 0) is 24.5 Å². The van der Waals surface area contributed by atoms with E-state index in [9.17, 15) is 28.1 Å². The Morgan fingerprint density at radius 1 is 0.833 bits per heavy atom. The van der Waals surface area contributed by atoms with Crippen molar-refractivity contribution in [3.05, 3.63) is 124 Å². The first-order valence-corrected chi connectivity index (χ1v) is 14.4. The van der Waals surface area contributed by atoms with Gasteiger partial charge in [0.15, 0.2) is 6.10 Å². The number of rotatable bonds is 7. The van der Waals surface area contributed by atoms with Gasteiger partial charge in [0.05, 0.1) is 22.3 Å². The van der Waals surface area contributed by atoms with Gasteiger partial charge in [-0.25, -0.2) is 9.96 Å². The number of hydrogen-bond donors (Lipinski definition) is 0. The molecular weight excluding hydrogens is 586 g/mol. The number of carbonyl (C=O) groups is 2. The fraction of sp³-hybridized carbons (Fsp3) is 0.103. The Morgan fingerprint density at radius 2 is 1.52 bits per heavy atom. The van der Waals surface area contributed by atoms with E-state index in [1.807, 2.05) is 0 Å². The maximum absolute atomic E-state index is 13.8.